The van der Waals surface area contributed by atoms with Gasteiger partial charge in [0.05, 0.1) is 5.69 Å². The van der Waals surface area contributed by atoms with Crippen molar-refractivity contribution < 1.29 is 4.39 Å². The topological polar surface area (TPSA) is 24.9 Å². The number of benzene rings is 1. The van der Waals surface area contributed by atoms with Crippen molar-refractivity contribution in [3.05, 3.63) is 65.7 Å². The SMILES string of the molecule is C[C@@H](NCc1ccccn1)c1ccc(F)cc1. The Kier molecular flexibility index (Phi) is 3.83. The van der Waals surface area contributed by atoms with Crippen molar-refractivity contribution >= 4 is 0 Å². The molecular weight excluding hydrogens is 215 g/mol. The van der Waals surface area contributed by atoms with E-state index in [0.717, 1.165) is 11.3 Å². The fourth-order valence-electron chi connectivity index (χ4n) is 1.63. The van der Waals surface area contributed by atoms with Gasteiger partial charge in [0.25, 0.3) is 0 Å². The van der Waals surface area contributed by atoms with E-state index in [4.69, 9.17) is 0 Å². The molecule has 0 aliphatic carbocycles. The Morgan fingerprint density at radius 2 is 1.94 bits per heavy atom. The first kappa shape index (κ1) is 11.7. The Hall–Kier alpha value is -1.74. The molecule has 1 N–H and O–H groups in total. The zero-order chi connectivity index (χ0) is 12.1. The molecule has 17 heavy (non-hydrogen) atoms. The average Bonchev–Trinajstić information content (AvgIpc) is 2.38. The van der Waals surface area contributed by atoms with Crippen LogP contribution in [-0.2, 0) is 6.54 Å². The van der Waals surface area contributed by atoms with Crippen molar-refractivity contribution in [2.45, 2.75) is 19.5 Å². The minimum absolute atomic E-state index is 0.178. The van der Waals surface area contributed by atoms with Crippen LogP contribution in [0.4, 0.5) is 4.39 Å². The molecule has 2 rings (SSSR count). The first-order valence-electron chi connectivity index (χ1n) is 5.64. The molecule has 0 unspecified atom stereocenters. The van der Waals surface area contributed by atoms with Crippen LogP contribution in [0, 0.1) is 5.82 Å². The molecular formula is C14H15FN2. The monoisotopic (exact) mass is 230 g/mol. The van der Waals surface area contributed by atoms with E-state index in [1.54, 1.807) is 18.3 Å². The molecule has 0 saturated carbocycles. The summed E-state index contributed by atoms with van der Waals surface area (Å²) in [6, 6.07) is 12.6. The van der Waals surface area contributed by atoms with E-state index in [-0.39, 0.29) is 11.9 Å². The summed E-state index contributed by atoms with van der Waals surface area (Å²) >= 11 is 0. The van der Waals surface area contributed by atoms with Crippen LogP contribution < -0.4 is 5.32 Å². The van der Waals surface area contributed by atoms with Crippen molar-refractivity contribution in [2.24, 2.45) is 0 Å². The van der Waals surface area contributed by atoms with Crippen LogP contribution >= 0.6 is 0 Å². The molecule has 3 heteroatoms. The van der Waals surface area contributed by atoms with Crippen LogP contribution in [0.5, 0.6) is 0 Å². The van der Waals surface area contributed by atoms with Gasteiger partial charge in [-0.15, -0.1) is 0 Å². The van der Waals surface area contributed by atoms with E-state index >= 15 is 0 Å². The number of pyridine rings is 1. The van der Waals surface area contributed by atoms with E-state index in [2.05, 4.69) is 17.2 Å². The molecule has 0 bridgehead atoms. The molecule has 1 heterocycles. The van der Waals surface area contributed by atoms with Crippen molar-refractivity contribution in [1.82, 2.24) is 10.3 Å². The van der Waals surface area contributed by atoms with E-state index < -0.39 is 0 Å². The largest absolute Gasteiger partial charge is 0.305 e. The van der Waals surface area contributed by atoms with Crippen molar-refractivity contribution in [3.63, 3.8) is 0 Å². The predicted molar refractivity (Wildman–Crippen MR) is 65.9 cm³/mol. The smallest absolute Gasteiger partial charge is 0.123 e. The van der Waals surface area contributed by atoms with Crippen LogP contribution in [0.3, 0.4) is 0 Å². The lowest BCUT2D eigenvalue weighted by Gasteiger charge is -2.13. The molecule has 1 atom stereocenters. The number of halogens is 1. The van der Waals surface area contributed by atoms with Crippen LogP contribution in [0.25, 0.3) is 0 Å². The highest BCUT2D eigenvalue weighted by atomic mass is 19.1. The third-order valence-corrected chi connectivity index (χ3v) is 2.69. The van der Waals surface area contributed by atoms with E-state index in [1.807, 2.05) is 18.2 Å². The maximum atomic E-state index is 12.8. The second-order valence-electron chi connectivity index (χ2n) is 3.98. The summed E-state index contributed by atoms with van der Waals surface area (Å²) in [7, 11) is 0. The Bertz CT molecular complexity index is 453. The molecule has 1 aromatic carbocycles. The lowest BCUT2D eigenvalue weighted by atomic mass is 10.1. The number of hydrogen-bond donors (Lipinski definition) is 1. The number of nitrogens with one attached hydrogen (secondary N) is 1. The van der Waals surface area contributed by atoms with E-state index in [1.165, 1.54) is 12.1 Å². The van der Waals surface area contributed by atoms with Gasteiger partial charge in [-0.3, -0.25) is 4.98 Å². The summed E-state index contributed by atoms with van der Waals surface area (Å²) in [5, 5.41) is 3.35. The standard InChI is InChI=1S/C14H15FN2/c1-11(12-5-7-13(15)8-6-12)17-10-14-4-2-3-9-16-14/h2-9,11,17H,10H2,1H3/t11-/m1/s1. The number of rotatable bonds is 4. The normalized spacial score (nSPS) is 12.4. The summed E-state index contributed by atoms with van der Waals surface area (Å²) in [5.74, 6) is -0.203. The molecule has 2 aromatic rings. The molecule has 0 aliphatic rings. The lowest BCUT2D eigenvalue weighted by molar-refractivity contribution is 0.564. The van der Waals surface area contributed by atoms with Gasteiger partial charge in [0.1, 0.15) is 5.82 Å². The molecule has 0 radical (unpaired) electrons. The third kappa shape index (κ3) is 3.36. The second-order valence-corrected chi connectivity index (χ2v) is 3.98. The Balaban J connectivity index is 1.93. The lowest BCUT2D eigenvalue weighted by Crippen LogP contribution is -2.18. The van der Waals surface area contributed by atoms with Crippen LogP contribution in [0.2, 0.25) is 0 Å². The van der Waals surface area contributed by atoms with Gasteiger partial charge in [-0.1, -0.05) is 18.2 Å². The summed E-state index contributed by atoms with van der Waals surface area (Å²) < 4.78 is 12.8. The first-order chi connectivity index (χ1) is 8.25. The van der Waals surface area contributed by atoms with Crippen LogP contribution in [0.1, 0.15) is 24.2 Å². The maximum absolute atomic E-state index is 12.8. The Morgan fingerprint density at radius 1 is 1.18 bits per heavy atom. The summed E-state index contributed by atoms with van der Waals surface area (Å²) in [4.78, 5) is 4.24. The second kappa shape index (κ2) is 5.55. The average molecular weight is 230 g/mol. The Labute approximate surface area is 101 Å². The van der Waals surface area contributed by atoms with Crippen LogP contribution in [-0.4, -0.2) is 4.98 Å². The quantitative estimate of drug-likeness (QED) is 0.873. The number of hydrogen-bond acceptors (Lipinski definition) is 2. The zero-order valence-electron chi connectivity index (χ0n) is 9.73. The molecule has 0 amide bonds. The zero-order valence-corrected chi connectivity index (χ0v) is 9.73. The van der Waals surface area contributed by atoms with E-state index in [9.17, 15) is 4.39 Å². The molecule has 1 aromatic heterocycles. The van der Waals surface area contributed by atoms with Crippen molar-refractivity contribution in [1.29, 1.82) is 0 Å². The van der Waals surface area contributed by atoms with Crippen LogP contribution in [0.15, 0.2) is 48.7 Å². The molecule has 0 spiro atoms. The molecule has 0 saturated heterocycles. The van der Waals surface area contributed by atoms with Crippen molar-refractivity contribution in [3.8, 4) is 0 Å². The van der Waals surface area contributed by atoms with Gasteiger partial charge in [-0.2, -0.15) is 0 Å². The van der Waals surface area contributed by atoms with Gasteiger partial charge < -0.3 is 5.32 Å². The number of aromatic nitrogens is 1. The van der Waals surface area contributed by atoms with E-state index in [0.29, 0.717) is 6.54 Å². The fraction of sp³-hybridized carbons (Fsp3) is 0.214. The van der Waals surface area contributed by atoms with Gasteiger partial charge in [-0.05, 0) is 36.8 Å². The minimum Gasteiger partial charge on any atom is -0.305 e. The van der Waals surface area contributed by atoms with Gasteiger partial charge in [0, 0.05) is 18.8 Å². The van der Waals surface area contributed by atoms with Gasteiger partial charge in [0.2, 0.25) is 0 Å². The summed E-state index contributed by atoms with van der Waals surface area (Å²) in [5.41, 5.74) is 2.07. The van der Waals surface area contributed by atoms with Gasteiger partial charge in [0.15, 0.2) is 0 Å². The highest BCUT2D eigenvalue weighted by molar-refractivity contribution is 5.19. The fourth-order valence-corrected chi connectivity index (χ4v) is 1.63. The Morgan fingerprint density at radius 3 is 2.59 bits per heavy atom. The summed E-state index contributed by atoms with van der Waals surface area (Å²) in [6.07, 6.45) is 1.78. The third-order valence-electron chi connectivity index (χ3n) is 2.69. The first-order valence-corrected chi connectivity index (χ1v) is 5.64. The molecule has 0 aliphatic heterocycles. The predicted octanol–water partition coefficient (Wildman–Crippen LogP) is 3.07. The number of nitrogens with zero attached hydrogens (tertiary/aromatic N) is 1. The maximum Gasteiger partial charge on any atom is 0.123 e. The molecule has 0 fully saturated rings. The van der Waals surface area contributed by atoms with Gasteiger partial charge in [-0.25, -0.2) is 4.39 Å². The summed E-state index contributed by atoms with van der Waals surface area (Å²) in [6.45, 7) is 2.76. The highest BCUT2D eigenvalue weighted by Gasteiger charge is 2.04. The van der Waals surface area contributed by atoms with Crippen molar-refractivity contribution in [2.75, 3.05) is 0 Å². The van der Waals surface area contributed by atoms with Gasteiger partial charge >= 0.3 is 0 Å². The minimum atomic E-state index is -0.203. The molecule has 88 valence electrons. The molecule has 2 nitrogen and oxygen atoms in total. The highest BCUT2D eigenvalue weighted by Crippen LogP contribution is 2.13.